The van der Waals surface area contributed by atoms with Crippen molar-refractivity contribution >= 4 is 45.8 Å². The maximum absolute atomic E-state index is 2.49. The standard InChI is InChI=1S/C38H35BS2/c1-24-19-26(3)36(27(4)20-24)39(37-28(5)21-25(2)22-29(37)6)32-23-35(31-15-11-8-12-16-31)41-38(32)34-18-17-33(40-34)30-13-9-7-10-14-30/h7-23H,1-6H3. The fraction of sp³-hybridized carbons (Fsp3) is 0.158. The first-order valence-electron chi connectivity index (χ1n) is 14.3. The Kier molecular flexibility index (Phi) is 7.59. The maximum Gasteiger partial charge on any atom is 0.244 e. The van der Waals surface area contributed by atoms with Gasteiger partial charge in [-0.25, -0.2) is 0 Å². The monoisotopic (exact) mass is 566 g/mol. The largest absolute Gasteiger partial charge is 0.244 e. The highest BCUT2D eigenvalue weighted by Crippen LogP contribution is 2.40. The van der Waals surface area contributed by atoms with E-state index in [1.807, 2.05) is 22.7 Å². The Morgan fingerprint density at radius 1 is 0.439 bits per heavy atom. The number of hydrogen-bond donors (Lipinski definition) is 0. The Hall–Kier alpha value is -3.66. The molecule has 0 bridgehead atoms. The molecular formula is C38H35BS2. The van der Waals surface area contributed by atoms with Crippen LogP contribution in [0.3, 0.4) is 0 Å². The van der Waals surface area contributed by atoms with Crippen LogP contribution in [0, 0.1) is 41.5 Å². The summed E-state index contributed by atoms with van der Waals surface area (Å²) in [4.78, 5) is 5.34. The molecule has 0 amide bonds. The molecule has 0 fully saturated rings. The number of rotatable bonds is 6. The number of aryl methyl sites for hydroxylation is 6. The van der Waals surface area contributed by atoms with E-state index in [0.717, 1.165) is 0 Å². The van der Waals surface area contributed by atoms with E-state index in [-0.39, 0.29) is 6.71 Å². The third-order valence-electron chi connectivity index (χ3n) is 8.07. The van der Waals surface area contributed by atoms with Crippen LogP contribution in [0.2, 0.25) is 0 Å². The van der Waals surface area contributed by atoms with E-state index in [2.05, 4.69) is 145 Å². The lowest BCUT2D eigenvalue weighted by molar-refractivity contribution is 1.34. The molecule has 0 radical (unpaired) electrons. The molecule has 0 aliphatic heterocycles. The summed E-state index contributed by atoms with van der Waals surface area (Å²) in [7, 11) is 0. The van der Waals surface area contributed by atoms with Crippen LogP contribution in [-0.4, -0.2) is 6.71 Å². The second kappa shape index (κ2) is 11.3. The van der Waals surface area contributed by atoms with E-state index in [1.54, 1.807) is 0 Å². The molecule has 0 unspecified atom stereocenters. The topological polar surface area (TPSA) is 0 Å². The molecule has 6 rings (SSSR count). The van der Waals surface area contributed by atoms with Crippen LogP contribution in [0.25, 0.3) is 30.6 Å². The molecule has 0 N–H and O–H groups in total. The highest BCUT2D eigenvalue weighted by molar-refractivity contribution is 7.27. The van der Waals surface area contributed by atoms with Gasteiger partial charge in [-0.1, -0.05) is 129 Å². The minimum atomic E-state index is 0.141. The normalized spacial score (nSPS) is 11.2. The summed E-state index contributed by atoms with van der Waals surface area (Å²) in [6.07, 6.45) is 0. The van der Waals surface area contributed by atoms with Gasteiger partial charge in [0.15, 0.2) is 0 Å². The van der Waals surface area contributed by atoms with Gasteiger partial charge in [-0.15, -0.1) is 22.7 Å². The summed E-state index contributed by atoms with van der Waals surface area (Å²) < 4.78 is 0. The van der Waals surface area contributed by atoms with Crippen molar-refractivity contribution in [1.29, 1.82) is 0 Å². The van der Waals surface area contributed by atoms with Crippen LogP contribution < -0.4 is 16.4 Å². The van der Waals surface area contributed by atoms with Crippen LogP contribution in [0.15, 0.2) is 103 Å². The highest BCUT2D eigenvalue weighted by atomic mass is 32.1. The van der Waals surface area contributed by atoms with E-state index < -0.39 is 0 Å². The summed E-state index contributed by atoms with van der Waals surface area (Å²) >= 11 is 3.83. The summed E-state index contributed by atoms with van der Waals surface area (Å²) in [5.74, 6) is 0. The van der Waals surface area contributed by atoms with Crippen molar-refractivity contribution in [2.24, 2.45) is 0 Å². The van der Waals surface area contributed by atoms with E-state index in [1.165, 1.54) is 80.4 Å². The Labute approximate surface area is 253 Å². The predicted octanol–water partition coefficient (Wildman–Crippen LogP) is 9.18. The zero-order chi connectivity index (χ0) is 28.7. The molecule has 0 saturated heterocycles. The highest BCUT2D eigenvalue weighted by Gasteiger charge is 2.32. The molecule has 0 aliphatic rings. The molecule has 0 aliphatic carbocycles. The van der Waals surface area contributed by atoms with Gasteiger partial charge in [0.2, 0.25) is 6.71 Å². The summed E-state index contributed by atoms with van der Waals surface area (Å²) in [5.41, 5.74) is 14.9. The molecule has 4 aromatic carbocycles. The van der Waals surface area contributed by atoms with Crippen molar-refractivity contribution < 1.29 is 0 Å². The van der Waals surface area contributed by atoms with Crippen molar-refractivity contribution in [2.45, 2.75) is 41.5 Å². The molecule has 6 aromatic rings. The molecule has 0 nitrogen and oxygen atoms in total. The molecule has 202 valence electrons. The average Bonchev–Trinajstić information content (AvgIpc) is 3.60. The Morgan fingerprint density at radius 3 is 1.37 bits per heavy atom. The Morgan fingerprint density at radius 2 is 0.878 bits per heavy atom. The molecule has 2 aromatic heterocycles. The van der Waals surface area contributed by atoms with Gasteiger partial charge in [0.05, 0.1) is 0 Å². The first-order chi connectivity index (χ1) is 19.8. The van der Waals surface area contributed by atoms with Gasteiger partial charge >= 0.3 is 0 Å². The Bertz CT molecular complexity index is 1740. The molecule has 3 heteroatoms. The van der Waals surface area contributed by atoms with Gasteiger partial charge in [0.25, 0.3) is 0 Å². The van der Waals surface area contributed by atoms with Crippen LogP contribution in [0.1, 0.15) is 33.4 Å². The predicted molar refractivity (Wildman–Crippen MR) is 184 cm³/mol. The van der Waals surface area contributed by atoms with Crippen molar-refractivity contribution in [1.82, 2.24) is 0 Å². The van der Waals surface area contributed by atoms with Gasteiger partial charge < -0.3 is 0 Å². The SMILES string of the molecule is Cc1cc(C)c(B(c2cc(-c3ccccc3)sc2-c2ccc(-c3ccccc3)s2)c2c(C)cc(C)cc2C)c(C)c1. The molecular weight excluding hydrogens is 531 g/mol. The molecule has 2 heterocycles. The van der Waals surface area contributed by atoms with Crippen LogP contribution in [-0.2, 0) is 0 Å². The molecule has 0 atom stereocenters. The van der Waals surface area contributed by atoms with Gasteiger partial charge in [0, 0.05) is 19.5 Å². The van der Waals surface area contributed by atoms with Gasteiger partial charge in [-0.05, 0) is 76.3 Å². The molecule has 0 saturated carbocycles. The van der Waals surface area contributed by atoms with Gasteiger partial charge in [-0.3, -0.25) is 0 Å². The third kappa shape index (κ3) is 5.37. The third-order valence-corrected chi connectivity index (χ3v) is 10.6. The average molecular weight is 567 g/mol. The van der Waals surface area contributed by atoms with Gasteiger partial charge in [0.1, 0.15) is 0 Å². The van der Waals surface area contributed by atoms with Crippen LogP contribution >= 0.6 is 22.7 Å². The number of thiophene rings is 2. The summed E-state index contributed by atoms with van der Waals surface area (Å²) in [6.45, 7) is 13.7. The smallest absolute Gasteiger partial charge is 0.135 e. The molecule has 41 heavy (non-hydrogen) atoms. The van der Waals surface area contributed by atoms with Crippen LogP contribution in [0.5, 0.6) is 0 Å². The second-order valence-electron chi connectivity index (χ2n) is 11.3. The minimum absolute atomic E-state index is 0.141. The number of benzene rings is 4. The zero-order valence-electron chi connectivity index (χ0n) is 24.7. The Balaban J connectivity index is 1.65. The van der Waals surface area contributed by atoms with E-state index in [4.69, 9.17) is 0 Å². The number of hydrogen-bond acceptors (Lipinski definition) is 2. The lowest BCUT2D eigenvalue weighted by atomic mass is 9.34. The zero-order valence-corrected chi connectivity index (χ0v) is 26.3. The first kappa shape index (κ1) is 27.5. The van der Waals surface area contributed by atoms with E-state index in [0.29, 0.717) is 0 Å². The fourth-order valence-corrected chi connectivity index (χ4v) is 8.87. The van der Waals surface area contributed by atoms with Crippen molar-refractivity contribution in [2.75, 3.05) is 0 Å². The van der Waals surface area contributed by atoms with Crippen LogP contribution in [0.4, 0.5) is 0 Å². The van der Waals surface area contributed by atoms with Gasteiger partial charge in [-0.2, -0.15) is 0 Å². The quantitative estimate of drug-likeness (QED) is 0.176. The van der Waals surface area contributed by atoms with Crippen molar-refractivity contribution in [3.63, 3.8) is 0 Å². The first-order valence-corrected chi connectivity index (χ1v) is 15.9. The summed E-state index contributed by atoms with van der Waals surface area (Å²) in [6, 6.07) is 38.2. The summed E-state index contributed by atoms with van der Waals surface area (Å²) in [5, 5.41) is 0. The minimum Gasteiger partial charge on any atom is -0.135 e. The lowest BCUT2D eigenvalue weighted by Crippen LogP contribution is -2.56. The lowest BCUT2D eigenvalue weighted by Gasteiger charge is -2.24. The van der Waals surface area contributed by atoms with Crippen molar-refractivity contribution in [3.8, 4) is 30.6 Å². The van der Waals surface area contributed by atoms with E-state index in [9.17, 15) is 0 Å². The maximum atomic E-state index is 2.49. The second-order valence-corrected chi connectivity index (χ2v) is 13.5. The fourth-order valence-electron chi connectivity index (χ4n) is 6.52. The van der Waals surface area contributed by atoms with Crippen molar-refractivity contribution in [3.05, 3.63) is 137 Å². The van der Waals surface area contributed by atoms with E-state index >= 15 is 0 Å². The molecule has 0 spiro atoms.